The quantitative estimate of drug-likeness (QED) is 0.697. The first kappa shape index (κ1) is 20.5. The number of methoxy groups -OCH3 is 1. The van der Waals surface area contributed by atoms with Gasteiger partial charge in [-0.15, -0.1) is 0 Å². The third-order valence-corrected chi connectivity index (χ3v) is 3.55. The third-order valence-electron chi connectivity index (χ3n) is 3.55. The number of amides is 2. The predicted molar refractivity (Wildman–Crippen MR) is 86.8 cm³/mol. The molecule has 0 aliphatic heterocycles. The van der Waals surface area contributed by atoms with E-state index in [-0.39, 0.29) is 24.0 Å². The lowest BCUT2D eigenvalue weighted by Crippen LogP contribution is -2.48. The minimum atomic E-state index is -0.876. The van der Waals surface area contributed by atoms with Gasteiger partial charge in [0.1, 0.15) is 17.7 Å². The number of rotatable bonds is 8. The predicted octanol–water partition coefficient (Wildman–Crippen LogP) is 1.93. The Morgan fingerprint density at radius 3 is 2.24 bits per heavy atom. The number of ether oxygens (including phenoxy) is 1. The summed E-state index contributed by atoms with van der Waals surface area (Å²) in [6, 6.07) is 1.27. The zero-order chi connectivity index (χ0) is 19.0. The first-order valence-corrected chi connectivity index (χ1v) is 7.91. The molecular formula is C17H22F2N2O4. The standard InChI is InChI=1S/C17H22F2N2O4/c1-4-14(17(24)20-10(2)5-6-15(22)25-3)21-16(23)11-7-12(18)9-13(19)8-11/h7-10,14H,4-6H2,1-3H3,(H,20,24)(H,21,23)/t10-,14?/m1/s1. The van der Waals surface area contributed by atoms with Crippen molar-refractivity contribution in [2.75, 3.05) is 7.11 Å². The van der Waals surface area contributed by atoms with E-state index in [9.17, 15) is 23.2 Å². The minimum absolute atomic E-state index is 0.156. The van der Waals surface area contributed by atoms with E-state index in [1.54, 1.807) is 13.8 Å². The zero-order valence-corrected chi connectivity index (χ0v) is 14.4. The van der Waals surface area contributed by atoms with Crippen molar-refractivity contribution in [3.8, 4) is 0 Å². The van der Waals surface area contributed by atoms with Crippen LogP contribution >= 0.6 is 0 Å². The molecule has 1 rings (SSSR count). The molecule has 0 aliphatic rings. The molecule has 0 aromatic heterocycles. The van der Waals surface area contributed by atoms with Crippen molar-refractivity contribution in [2.24, 2.45) is 0 Å². The molecule has 0 spiro atoms. The van der Waals surface area contributed by atoms with Crippen molar-refractivity contribution in [1.82, 2.24) is 10.6 Å². The molecule has 0 bridgehead atoms. The van der Waals surface area contributed by atoms with Crippen LogP contribution in [0.3, 0.4) is 0 Å². The first-order valence-electron chi connectivity index (χ1n) is 7.91. The molecule has 0 heterocycles. The fraction of sp³-hybridized carbons (Fsp3) is 0.471. The summed E-state index contributed by atoms with van der Waals surface area (Å²) in [5.41, 5.74) is -0.206. The molecule has 138 valence electrons. The highest BCUT2D eigenvalue weighted by Crippen LogP contribution is 2.09. The lowest BCUT2D eigenvalue weighted by Gasteiger charge is -2.20. The molecule has 0 radical (unpaired) electrons. The van der Waals surface area contributed by atoms with Crippen LogP contribution in [-0.4, -0.2) is 37.0 Å². The molecule has 0 fully saturated rings. The highest BCUT2D eigenvalue weighted by molar-refractivity contribution is 5.97. The second-order valence-corrected chi connectivity index (χ2v) is 5.62. The van der Waals surface area contributed by atoms with Crippen LogP contribution < -0.4 is 10.6 Å². The van der Waals surface area contributed by atoms with Crippen LogP contribution in [0.25, 0.3) is 0 Å². The van der Waals surface area contributed by atoms with Crippen LogP contribution in [0.5, 0.6) is 0 Å². The summed E-state index contributed by atoms with van der Waals surface area (Å²) in [7, 11) is 1.28. The van der Waals surface area contributed by atoms with Crippen molar-refractivity contribution in [2.45, 2.75) is 45.2 Å². The normalized spacial score (nSPS) is 12.8. The van der Waals surface area contributed by atoms with Gasteiger partial charge in [-0.3, -0.25) is 14.4 Å². The van der Waals surface area contributed by atoms with Gasteiger partial charge in [0.15, 0.2) is 0 Å². The molecule has 2 N–H and O–H groups in total. The number of halogens is 2. The van der Waals surface area contributed by atoms with E-state index in [1.807, 2.05) is 0 Å². The fourth-order valence-electron chi connectivity index (χ4n) is 2.13. The summed E-state index contributed by atoms with van der Waals surface area (Å²) in [6.07, 6.45) is 0.834. The largest absolute Gasteiger partial charge is 0.469 e. The second kappa shape index (κ2) is 9.71. The van der Waals surface area contributed by atoms with Gasteiger partial charge < -0.3 is 15.4 Å². The highest BCUT2D eigenvalue weighted by atomic mass is 19.1. The van der Waals surface area contributed by atoms with Gasteiger partial charge in [-0.2, -0.15) is 0 Å². The smallest absolute Gasteiger partial charge is 0.305 e. The van der Waals surface area contributed by atoms with Crippen molar-refractivity contribution in [3.05, 3.63) is 35.4 Å². The Morgan fingerprint density at radius 1 is 1.12 bits per heavy atom. The molecule has 2 atom stereocenters. The van der Waals surface area contributed by atoms with Crippen LogP contribution in [0.1, 0.15) is 43.5 Å². The molecule has 1 aromatic rings. The highest BCUT2D eigenvalue weighted by Gasteiger charge is 2.22. The molecule has 0 aliphatic carbocycles. The molecule has 0 saturated carbocycles. The van der Waals surface area contributed by atoms with Gasteiger partial charge in [0.2, 0.25) is 5.91 Å². The summed E-state index contributed by atoms with van der Waals surface area (Å²) >= 11 is 0. The van der Waals surface area contributed by atoms with Gasteiger partial charge in [0.25, 0.3) is 5.91 Å². The van der Waals surface area contributed by atoms with E-state index in [0.717, 1.165) is 12.1 Å². The third kappa shape index (κ3) is 6.86. The number of benzene rings is 1. The maximum absolute atomic E-state index is 13.2. The average molecular weight is 356 g/mol. The van der Waals surface area contributed by atoms with Crippen molar-refractivity contribution < 1.29 is 27.9 Å². The number of carbonyl (C=O) groups excluding carboxylic acids is 3. The molecule has 2 amide bonds. The van der Waals surface area contributed by atoms with E-state index in [4.69, 9.17) is 0 Å². The Bertz CT molecular complexity index is 617. The number of hydrogen-bond donors (Lipinski definition) is 2. The fourth-order valence-corrected chi connectivity index (χ4v) is 2.13. The van der Waals surface area contributed by atoms with Gasteiger partial charge in [0, 0.05) is 24.1 Å². The topological polar surface area (TPSA) is 84.5 Å². The Balaban J connectivity index is 2.63. The van der Waals surface area contributed by atoms with Crippen molar-refractivity contribution in [1.29, 1.82) is 0 Å². The van der Waals surface area contributed by atoms with Crippen LogP contribution in [0, 0.1) is 11.6 Å². The summed E-state index contributed by atoms with van der Waals surface area (Å²) in [5, 5.41) is 5.12. The summed E-state index contributed by atoms with van der Waals surface area (Å²) in [6.45, 7) is 3.41. The maximum atomic E-state index is 13.2. The van der Waals surface area contributed by atoms with Gasteiger partial charge in [-0.1, -0.05) is 6.92 Å². The molecular weight excluding hydrogens is 334 g/mol. The van der Waals surface area contributed by atoms with E-state index in [1.165, 1.54) is 7.11 Å². The van der Waals surface area contributed by atoms with Gasteiger partial charge in [0.05, 0.1) is 7.11 Å². The van der Waals surface area contributed by atoms with E-state index >= 15 is 0 Å². The molecule has 0 saturated heterocycles. The second-order valence-electron chi connectivity index (χ2n) is 5.62. The molecule has 1 aromatic carbocycles. The monoisotopic (exact) mass is 356 g/mol. The lowest BCUT2D eigenvalue weighted by molar-refractivity contribution is -0.141. The maximum Gasteiger partial charge on any atom is 0.305 e. The van der Waals surface area contributed by atoms with Crippen LogP contribution in [0.15, 0.2) is 18.2 Å². The molecule has 8 heteroatoms. The summed E-state index contributed by atoms with van der Waals surface area (Å²) in [4.78, 5) is 35.4. The average Bonchev–Trinajstić information content (AvgIpc) is 2.56. The number of hydrogen-bond acceptors (Lipinski definition) is 4. The molecule has 6 nitrogen and oxygen atoms in total. The minimum Gasteiger partial charge on any atom is -0.469 e. The van der Waals surface area contributed by atoms with Crippen LogP contribution in [0.2, 0.25) is 0 Å². The number of esters is 1. The number of carbonyl (C=O) groups is 3. The Labute approximate surface area is 144 Å². The van der Waals surface area contributed by atoms with Gasteiger partial charge in [-0.25, -0.2) is 8.78 Å². The van der Waals surface area contributed by atoms with Gasteiger partial charge >= 0.3 is 5.97 Å². The van der Waals surface area contributed by atoms with Crippen molar-refractivity contribution in [3.63, 3.8) is 0 Å². The molecule has 25 heavy (non-hydrogen) atoms. The molecule has 1 unspecified atom stereocenters. The van der Waals surface area contributed by atoms with Gasteiger partial charge in [-0.05, 0) is 31.9 Å². The van der Waals surface area contributed by atoms with Crippen LogP contribution in [-0.2, 0) is 14.3 Å². The summed E-state index contributed by atoms with van der Waals surface area (Å²) < 4.78 is 30.9. The Hall–Kier alpha value is -2.51. The first-order chi connectivity index (χ1) is 11.8. The summed E-state index contributed by atoms with van der Waals surface area (Å²) in [5.74, 6) is -3.32. The Morgan fingerprint density at radius 2 is 1.72 bits per heavy atom. The number of nitrogens with one attached hydrogen (secondary N) is 2. The Kier molecular flexibility index (Phi) is 7.97. The SMILES string of the molecule is CCC(NC(=O)c1cc(F)cc(F)c1)C(=O)N[C@H](C)CCC(=O)OC. The van der Waals surface area contributed by atoms with E-state index < -0.39 is 29.5 Å². The lowest BCUT2D eigenvalue weighted by atomic mass is 10.1. The van der Waals surface area contributed by atoms with E-state index in [0.29, 0.717) is 18.9 Å². The van der Waals surface area contributed by atoms with E-state index in [2.05, 4.69) is 15.4 Å². The van der Waals surface area contributed by atoms with Crippen LogP contribution in [0.4, 0.5) is 8.78 Å². The zero-order valence-electron chi connectivity index (χ0n) is 14.4. The van der Waals surface area contributed by atoms with Crippen molar-refractivity contribution >= 4 is 17.8 Å².